The highest BCUT2D eigenvalue weighted by Crippen LogP contribution is 2.29. The fourth-order valence-corrected chi connectivity index (χ4v) is 2.89. The number of unbranched alkanes of at least 4 members (excludes halogenated alkanes) is 4. The minimum absolute atomic E-state index is 0.348. The van der Waals surface area contributed by atoms with Gasteiger partial charge < -0.3 is 15.0 Å². The first-order valence-electron chi connectivity index (χ1n) is 8.50. The van der Waals surface area contributed by atoms with Crippen molar-refractivity contribution in [2.24, 2.45) is 0 Å². The maximum absolute atomic E-state index is 11.8. The third-order valence-corrected chi connectivity index (χ3v) is 4.16. The number of carbonyl (C=O) groups is 1. The van der Waals surface area contributed by atoms with Crippen molar-refractivity contribution in [1.29, 1.82) is 0 Å². The van der Waals surface area contributed by atoms with Gasteiger partial charge in [-0.2, -0.15) is 0 Å². The van der Waals surface area contributed by atoms with E-state index in [4.69, 9.17) is 4.74 Å². The van der Waals surface area contributed by atoms with Crippen molar-refractivity contribution in [3.05, 3.63) is 23.8 Å². The molecule has 4 nitrogen and oxygen atoms in total. The molecule has 0 saturated heterocycles. The van der Waals surface area contributed by atoms with E-state index >= 15 is 0 Å². The fourth-order valence-electron chi connectivity index (χ4n) is 2.89. The lowest BCUT2D eigenvalue weighted by atomic mass is 10.0. The van der Waals surface area contributed by atoms with Crippen LogP contribution in [-0.4, -0.2) is 26.2 Å². The Morgan fingerprint density at radius 1 is 1.27 bits per heavy atom. The first kappa shape index (κ1) is 16.7. The van der Waals surface area contributed by atoms with Gasteiger partial charge >= 0.3 is 6.09 Å². The zero-order valence-electron chi connectivity index (χ0n) is 13.9. The molecule has 1 N–H and O–H groups in total. The van der Waals surface area contributed by atoms with E-state index < -0.39 is 0 Å². The van der Waals surface area contributed by atoms with Crippen LogP contribution in [0.2, 0.25) is 0 Å². The predicted octanol–water partition coefficient (Wildman–Crippen LogP) is 4.13. The average molecular weight is 304 g/mol. The summed E-state index contributed by atoms with van der Waals surface area (Å²) in [6.07, 6.45) is 7.79. The van der Waals surface area contributed by atoms with Crippen LogP contribution in [0.4, 0.5) is 10.5 Å². The van der Waals surface area contributed by atoms with Crippen molar-refractivity contribution in [2.75, 3.05) is 25.0 Å². The summed E-state index contributed by atoms with van der Waals surface area (Å²) in [5, 5.41) is 2.83. The largest absolute Gasteiger partial charge is 0.412 e. The highest BCUT2D eigenvalue weighted by atomic mass is 16.6. The van der Waals surface area contributed by atoms with Gasteiger partial charge in [-0.3, -0.25) is 0 Å². The lowest BCUT2D eigenvalue weighted by molar-refractivity contribution is 0.200. The molecule has 0 radical (unpaired) electrons. The third-order valence-electron chi connectivity index (χ3n) is 4.16. The third kappa shape index (κ3) is 4.93. The molecule has 1 amide bonds. The van der Waals surface area contributed by atoms with Gasteiger partial charge in [0.15, 0.2) is 0 Å². The minimum Gasteiger partial charge on any atom is -0.410 e. The van der Waals surface area contributed by atoms with Crippen LogP contribution in [0.3, 0.4) is 0 Å². The lowest BCUT2D eigenvalue weighted by Crippen LogP contribution is -2.28. The number of nitrogens with zero attached hydrogens (tertiary/aromatic N) is 1. The number of fused-ring (bicyclic) bond motifs is 1. The standard InChI is InChI=1S/C18H28N2O2/c1-3-4-5-6-7-12-19-18(21)22-16-10-11-17-15(14-16)9-8-13-20(17)2/h10-11,14H,3-9,12-13H2,1-2H3,(H,19,21). The van der Waals surface area contributed by atoms with Crippen LogP contribution in [0, 0.1) is 0 Å². The number of anilines is 1. The molecule has 1 aliphatic heterocycles. The molecule has 0 saturated carbocycles. The topological polar surface area (TPSA) is 41.6 Å². The number of benzene rings is 1. The molecular weight excluding hydrogens is 276 g/mol. The van der Waals surface area contributed by atoms with Crippen molar-refractivity contribution < 1.29 is 9.53 Å². The molecule has 4 heteroatoms. The molecule has 0 unspecified atom stereocenters. The second-order valence-corrected chi connectivity index (χ2v) is 6.05. The Hall–Kier alpha value is -1.71. The van der Waals surface area contributed by atoms with Gasteiger partial charge in [0.05, 0.1) is 0 Å². The van der Waals surface area contributed by atoms with Crippen molar-refractivity contribution in [2.45, 2.75) is 51.9 Å². The van der Waals surface area contributed by atoms with Gasteiger partial charge in [-0.25, -0.2) is 4.79 Å². The number of carbonyl (C=O) groups excluding carboxylic acids is 1. The molecule has 0 fully saturated rings. The summed E-state index contributed by atoms with van der Waals surface area (Å²) in [6, 6.07) is 5.91. The Labute approximate surface area is 133 Å². The average Bonchev–Trinajstić information content (AvgIpc) is 2.51. The molecule has 0 bridgehead atoms. The highest BCUT2D eigenvalue weighted by Gasteiger charge is 2.15. The second-order valence-electron chi connectivity index (χ2n) is 6.05. The number of ether oxygens (including phenoxy) is 1. The molecule has 1 aromatic carbocycles. The predicted molar refractivity (Wildman–Crippen MR) is 90.8 cm³/mol. The van der Waals surface area contributed by atoms with E-state index in [9.17, 15) is 4.79 Å². The molecule has 122 valence electrons. The maximum atomic E-state index is 11.8. The van der Waals surface area contributed by atoms with E-state index in [2.05, 4.69) is 24.2 Å². The monoisotopic (exact) mass is 304 g/mol. The Bertz CT molecular complexity index is 488. The second kappa shape index (κ2) is 8.66. The van der Waals surface area contributed by atoms with Crippen LogP contribution < -0.4 is 15.0 Å². The van der Waals surface area contributed by atoms with E-state index in [1.54, 1.807) is 0 Å². The molecule has 0 aromatic heterocycles. The normalized spacial score (nSPS) is 13.6. The van der Waals surface area contributed by atoms with Gasteiger partial charge in [0.2, 0.25) is 0 Å². The van der Waals surface area contributed by atoms with Crippen molar-refractivity contribution >= 4 is 11.8 Å². The van der Waals surface area contributed by atoms with E-state index in [1.165, 1.54) is 36.9 Å². The van der Waals surface area contributed by atoms with E-state index in [0.717, 1.165) is 25.8 Å². The van der Waals surface area contributed by atoms with E-state index in [1.807, 2.05) is 18.2 Å². The van der Waals surface area contributed by atoms with Crippen LogP contribution >= 0.6 is 0 Å². The lowest BCUT2D eigenvalue weighted by Gasteiger charge is -2.27. The summed E-state index contributed by atoms with van der Waals surface area (Å²) in [6.45, 7) is 3.98. The van der Waals surface area contributed by atoms with Crippen LogP contribution in [0.25, 0.3) is 0 Å². The van der Waals surface area contributed by atoms with Crippen LogP contribution in [0.15, 0.2) is 18.2 Å². The summed E-state index contributed by atoms with van der Waals surface area (Å²) < 4.78 is 5.37. The number of hydrogen-bond acceptors (Lipinski definition) is 3. The molecule has 1 aliphatic rings. The van der Waals surface area contributed by atoms with Crippen LogP contribution in [0.5, 0.6) is 5.75 Å². The summed E-state index contributed by atoms with van der Waals surface area (Å²) in [5.74, 6) is 0.637. The van der Waals surface area contributed by atoms with E-state index in [0.29, 0.717) is 12.3 Å². The van der Waals surface area contributed by atoms with Gasteiger partial charge in [-0.15, -0.1) is 0 Å². The summed E-state index contributed by atoms with van der Waals surface area (Å²) >= 11 is 0. The van der Waals surface area contributed by atoms with Gasteiger partial charge in [-0.1, -0.05) is 32.6 Å². The van der Waals surface area contributed by atoms with E-state index in [-0.39, 0.29) is 6.09 Å². The Balaban J connectivity index is 1.75. The molecule has 1 aromatic rings. The molecule has 22 heavy (non-hydrogen) atoms. The summed E-state index contributed by atoms with van der Waals surface area (Å²) in [4.78, 5) is 14.0. The van der Waals surface area contributed by atoms with Crippen LogP contribution in [-0.2, 0) is 6.42 Å². The Morgan fingerprint density at radius 2 is 2.09 bits per heavy atom. The molecule has 0 aliphatic carbocycles. The quantitative estimate of drug-likeness (QED) is 0.770. The van der Waals surface area contributed by atoms with Gasteiger partial charge in [0, 0.05) is 25.8 Å². The van der Waals surface area contributed by atoms with Gasteiger partial charge in [0.1, 0.15) is 5.75 Å². The first-order chi connectivity index (χ1) is 10.7. The number of aryl methyl sites for hydroxylation is 1. The fraction of sp³-hybridized carbons (Fsp3) is 0.611. The molecule has 2 rings (SSSR count). The first-order valence-corrected chi connectivity index (χ1v) is 8.50. The SMILES string of the molecule is CCCCCCCNC(=O)Oc1ccc2c(c1)CCCN2C. The summed E-state index contributed by atoms with van der Waals surface area (Å²) in [7, 11) is 2.10. The van der Waals surface area contributed by atoms with Gasteiger partial charge in [-0.05, 0) is 43.0 Å². The van der Waals surface area contributed by atoms with Crippen molar-refractivity contribution in [3.8, 4) is 5.75 Å². The van der Waals surface area contributed by atoms with Crippen molar-refractivity contribution in [3.63, 3.8) is 0 Å². The minimum atomic E-state index is -0.348. The smallest absolute Gasteiger partial charge is 0.410 e. The summed E-state index contributed by atoms with van der Waals surface area (Å²) in [5.41, 5.74) is 2.51. The Kier molecular flexibility index (Phi) is 6.56. The highest BCUT2D eigenvalue weighted by molar-refractivity contribution is 5.71. The molecular formula is C18H28N2O2. The zero-order valence-corrected chi connectivity index (χ0v) is 13.9. The number of amides is 1. The molecule has 1 heterocycles. The zero-order chi connectivity index (χ0) is 15.8. The van der Waals surface area contributed by atoms with Crippen molar-refractivity contribution in [1.82, 2.24) is 5.32 Å². The Morgan fingerprint density at radius 3 is 2.91 bits per heavy atom. The number of nitrogens with one attached hydrogen (secondary N) is 1. The molecule has 0 spiro atoms. The van der Waals surface area contributed by atoms with Crippen LogP contribution in [0.1, 0.15) is 51.0 Å². The number of rotatable bonds is 7. The maximum Gasteiger partial charge on any atom is 0.412 e. The number of hydrogen-bond donors (Lipinski definition) is 1. The molecule has 0 atom stereocenters. The van der Waals surface area contributed by atoms with Gasteiger partial charge in [0.25, 0.3) is 0 Å².